The summed E-state index contributed by atoms with van der Waals surface area (Å²) in [6.07, 6.45) is 0.981. The van der Waals surface area contributed by atoms with Gasteiger partial charge in [0.05, 0.1) is 13.6 Å². The summed E-state index contributed by atoms with van der Waals surface area (Å²) >= 11 is 1.87. The van der Waals surface area contributed by atoms with E-state index in [1.54, 1.807) is 7.05 Å². The molecule has 2 N–H and O–H groups in total. The number of thioether (sulfide) groups is 1. The SMILES string of the molecule is CCSCCCNC(=O)NCc1nnn(C)n1. The number of nitrogens with one attached hydrogen (secondary N) is 2. The molecule has 0 radical (unpaired) electrons. The lowest BCUT2D eigenvalue weighted by molar-refractivity contribution is 0.240. The first-order chi connectivity index (χ1) is 8.22. The number of carbonyl (C=O) groups excluding carboxylic acids is 1. The van der Waals surface area contributed by atoms with Crippen molar-refractivity contribution in [2.75, 3.05) is 18.1 Å². The molecule has 0 saturated heterocycles. The van der Waals surface area contributed by atoms with Crippen LogP contribution in [0, 0.1) is 0 Å². The van der Waals surface area contributed by atoms with Crippen molar-refractivity contribution in [2.45, 2.75) is 19.9 Å². The summed E-state index contributed by atoms with van der Waals surface area (Å²) in [6.45, 7) is 3.11. The Bertz CT molecular complexity index is 342. The van der Waals surface area contributed by atoms with Crippen LogP contribution in [0.5, 0.6) is 0 Å². The molecule has 96 valence electrons. The maximum absolute atomic E-state index is 11.3. The largest absolute Gasteiger partial charge is 0.338 e. The molecular weight excluding hydrogens is 240 g/mol. The van der Waals surface area contributed by atoms with Gasteiger partial charge in [0.15, 0.2) is 5.82 Å². The van der Waals surface area contributed by atoms with Gasteiger partial charge in [-0.1, -0.05) is 6.92 Å². The van der Waals surface area contributed by atoms with Gasteiger partial charge < -0.3 is 10.6 Å². The van der Waals surface area contributed by atoms with E-state index in [-0.39, 0.29) is 6.03 Å². The molecule has 0 fully saturated rings. The summed E-state index contributed by atoms with van der Waals surface area (Å²) in [7, 11) is 1.68. The molecule has 2 amide bonds. The second kappa shape index (κ2) is 7.88. The highest BCUT2D eigenvalue weighted by molar-refractivity contribution is 7.99. The standard InChI is InChI=1S/C9H18N6OS/c1-3-17-6-4-5-10-9(16)11-7-8-12-14-15(2)13-8/h3-7H2,1-2H3,(H2,10,11,16). The average molecular weight is 258 g/mol. The number of rotatable bonds is 7. The molecule has 0 aliphatic carbocycles. The lowest BCUT2D eigenvalue weighted by Gasteiger charge is -2.05. The van der Waals surface area contributed by atoms with Crippen LogP contribution in [0.25, 0.3) is 0 Å². The summed E-state index contributed by atoms with van der Waals surface area (Å²) in [6, 6.07) is -0.195. The van der Waals surface area contributed by atoms with Crippen molar-refractivity contribution >= 4 is 17.8 Å². The number of aryl methyl sites for hydroxylation is 1. The summed E-state index contributed by atoms with van der Waals surface area (Å²) in [5, 5.41) is 16.8. The van der Waals surface area contributed by atoms with Gasteiger partial charge in [-0.05, 0) is 23.1 Å². The molecule has 0 bridgehead atoms. The van der Waals surface area contributed by atoms with Gasteiger partial charge in [0.25, 0.3) is 0 Å². The van der Waals surface area contributed by atoms with Crippen LogP contribution in [0.4, 0.5) is 4.79 Å². The van der Waals surface area contributed by atoms with Gasteiger partial charge in [-0.3, -0.25) is 0 Å². The van der Waals surface area contributed by atoms with Crippen LogP contribution in [0.2, 0.25) is 0 Å². The topological polar surface area (TPSA) is 84.7 Å². The maximum atomic E-state index is 11.3. The molecule has 1 heterocycles. The number of hydrogen-bond acceptors (Lipinski definition) is 5. The minimum absolute atomic E-state index is 0.195. The first-order valence-electron chi connectivity index (χ1n) is 5.54. The van der Waals surface area contributed by atoms with Gasteiger partial charge in [-0.25, -0.2) is 4.79 Å². The number of tetrazole rings is 1. The van der Waals surface area contributed by atoms with E-state index in [0.717, 1.165) is 17.9 Å². The van der Waals surface area contributed by atoms with Gasteiger partial charge in [0.1, 0.15) is 0 Å². The highest BCUT2D eigenvalue weighted by Gasteiger charge is 2.03. The Morgan fingerprint density at radius 3 is 2.94 bits per heavy atom. The molecule has 7 nitrogen and oxygen atoms in total. The summed E-state index contributed by atoms with van der Waals surface area (Å²) in [5.41, 5.74) is 0. The summed E-state index contributed by atoms with van der Waals surface area (Å²) in [5.74, 6) is 2.69. The third-order valence-electron chi connectivity index (χ3n) is 1.91. The van der Waals surface area contributed by atoms with Crippen molar-refractivity contribution in [3.63, 3.8) is 0 Å². The molecule has 1 aromatic heterocycles. The Kier molecular flexibility index (Phi) is 6.38. The second-order valence-corrected chi connectivity index (χ2v) is 4.75. The predicted molar refractivity (Wildman–Crippen MR) is 66.7 cm³/mol. The van der Waals surface area contributed by atoms with Crippen molar-refractivity contribution in [2.24, 2.45) is 7.05 Å². The molecule has 8 heteroatoms. The maximum Gasteiger partial charge on any atom is 0.315 e. The Balaban J connectivity index is 2.05. The van der Waals surface area contributed by atoms with Crippen molar-refractivity contribution in [1.82, 2.24) is 30.8 Å². The molecule has 1 rings (SSSR count). The smallest absolute Gasteiger partial charge is 0.315 e. The van der Waals surface area contributed by atoms with Crippen LogP contribution in [0.3, 0.4) is 0 Å². The summed E-state index contributed by atoms with van der Waals surface area (Å²) in [4.78, 5) is 12.7. The Morgan fingerprint density at radius 2 is 2.29 bits per heavy atom. The minimum atomic E-state index is -0.195. The third kappa shape index (κ3) is 6.10. The minimum Gasteiger partial charge on any atom is -0.338 e. The number of amides is 2. The van der Waals surface area contributed by atoms with E-state index in [0.29, 0.717) is 18.9 Å². The Labute approximate surface area is 105 Å². The van der Waals surface area contributed by atoms with E-state index in [9.17, 15) is 4.79 Å². The van der Waals surface area contributed by atoms with E-state index in [4.69, 9.17) is 0 Å². The first kappa shape index (κ1) is 13.8. The van der Waals surface area contributed by atoms with Crippen LogP contribution in [0.1, 0.15) is 19.2 Å². The van der Waals surface area contributed by atoms with Crippen molar-refractivity contribution < 1.29 is 4.79 Å². The van der Waals surface area contributed by atoms with E-state index in [2.05, 4.69) is 33.0 Å². The number of urea groups is 1. The van der Waals surface area contributed by atoms with Crippen molar-refractivity contribution in [3.8, 4) is 0 Å². The van der Waals surface area contributed by atoms with Crippen molar-refractivity contribution in [1.29, 1.82) is 0 Å². The zero-order chi connectivity index (χ0) is 12.5. The monoisotopic (exact) mass is 258 g/mol. The average Bonchev–Trinajstić information content (AvgIpc) is 2.72. The van der Waals surface area contributed by atoms with E-state index >= 15 is 0 Å². The van der Waals surface area contributed by atoms with E-state index < -0.39 is 0 Å². The first-order valence-corrected chi connectivity index (χ1v) is 6.70. The van der Waals surface area contributed by atoms with Crippen LogP contribution in [0.15, 0.2) is 0 Å². The van der Waals surface area contributed by atoms with Gasteiger partial charge in [0, 0.05) is 6.54 Å². The fourth-order valence-electron chi connectivity index (χ4n) is 1.14. The fourth-order valence-corrected chi connectivity index (χ4v) is 1.77. The number of nitrogens with zero attached hydrogens (tertiary/aromatic N) is 4. The lowest BCUT2D eigenvalue weighted by Crippen LogP contribution is -2.36. The number of aromatic nitrogens is 4. The predicted octanol–water partition coefficient (Wildman–Crippen LogP) is 0.152. The molecule has 1 aromatic rings. The molecule has 0 aliphatic rings. The molecule has 0 saturated carbocycles. The van der Waals surface area contributed by atoms with Crippen LogP contribution in [-0.4, -0.2) is 44.3 Å². The highest BCUT2D eigenvalue weighted by atomic mass is 32.2. The zero-order valence-electron chi connectivity index (χ0n) is 10.1. The van der Waals surface area contributed by atoms with E-state index in [1.807, 2.05) is 11.8 Å². The van der Waals surface area contributed by atoms with Gasteiger partial charge >= 0.3 is 6.03 Å². The van der Waals surface area contributed by atoms with Crippen LogP contribution >= 0.6 is 11.8 Å². The van der Waals surface area contributed by atoms with Gasteiger partial charge in [-0.15, -0.1) is 10.2 Å². The molecule has 0 spiro atoms. The van der Waals surface area contributed by atoms with Gasteiger partial charge in [0.2, 0.25) is 0 Å². The van der Waals surface area contributed by atoms with E-state index in [1.165, 1.54) is 4.80 Å². The molecule has 0 atom stereocenters. The van der Waals surface area contributed by atoms with Gasteiger partial charge in [-0.2, -0.15) is 16.6 Å². The normalized spacial score (nSPS) is 10.2. The third-order valence-corrected chi connectivity index (χ3v) is 2.90. The summed E-state index contributed by atoms with van der Waals surface area (Å²) < 4.78 is 0. The molecule has 17 heavy (non-hydrogen) atoms. The molecular formula is C9H18N6OS. The fraction of sp³-hybridized carbons (Fsp3) is 0.778. The molecule has 0 unspecified atom stereocenters. The number of carbonyl (C=O) groups is 1. The van der Waals surface area contributed by atoms with Crippen LogP contribution < -0.4 is 10.6 Å². The van der Waals surface area contributed by atoms with Crippen LogP contribution in [-0.2, 0) is 13.6 Å². The Morgan fingerprint density at radius 1 is 1.47 bits per heavy atom. The Hall–Kier alpha value is -1.31. The number of hydrogen-bond donors (Lipinski definition) is 2. The molecule has 0 aromatic carbocycles. The molecule has 0 aliphatic heterocycles. The second-order valence-electron chi connectivity index (χ2n) is 3.36. The quantitative estimate of drug-likeness (QED) is 0.680. The zero-order valence-corrected chi connectivity index (χ0v) is 11.0. The highest BCUT2D eigenvalue weighted by Crippen LogP contribution is 1.99. The lowest BCUT2D eigenvalue weighted by atomic mass is 10.5. The van der Waals surface area contributed by atoms with Crippen molar-refractivity contribution in [3.05, 3.63) is 5.82 Å².